The largest absolute Gasteiger partial charge is 0.494 e. The van der Waals surface area contributed by atoms with Crippen LogP contribution in [0.3, 0.4) is 0 Å². The number of fused-ring (bicyclic) bond motifs is 1. The molecule has 0 radical (unpaired) electrons. The van der Waals surface area contributed by atoms with Crippen molar-refractivity contribution in [3.05, 3.63) is 89.7 Å². The minimum absolute atomic E-state index is 0.0580. The van der Waals surface area contributed by atoms with Gasteiger partial charge < -0.3 is 10.1 Å². The number of benzene rings is 3. The van der Waals surface area contributed by atoms with Crippen LogP contribution in [0.25, 0.3) is 10.9 Å². The molecule has 0 fully saturated rings. The Balaban J connectivity index is 1.93. The van der Waals surface area contributed by atoms with Gasteiger partial charge in [-0.05, 0) is 49.4 Å². The van der Waals surface area contributed by atoms with E-state index in [9.17, 15) is 17.9 Å². The summed E-state index contributed by atoms with van der Waals surface area (Å²) in [7, 11) is -3.46. The van der Waals surface area contributed by atoms with E-state index in [2.05, 4.69) is 14.7 Å². The zero-order valence-corrected chi connectivity index (χ0v) is 17.4. The van der Waals surface area contributed by atoms with E-state index in [-0.39, 0.29) is 17.5 Å². The minimum atomic E-state index is -3.46. The maximum absolute atomic E-state index is 13.4. The second kappa shape index (κ2) is 8.23. The van der Waals surface area contributed by atoms with E-state index in [1.165, 1.54) is 12.1 Å². The van der Waals surface area contributed by atoms with Gasteiger partial charge in [0.15, 0.2) is 5.88 Å². The van der Waals surface area contributed by atoms with Gasteiger partial charge in [-0.15, -0.1) is 0 Å². The molecule has 0 aliphatic carbocycles. The number of H-pyrrole nitrogens is 1. The molecule has 1 heterocycles. The van der Waals surface area contributed by atoms with E-state index in [4.69, 9.17) is 0 Å². The smallest absolute Gasteiger partial charge is 0.232 e. The molecule has 0 spiro atoms. The van der Waals surface area contributed by atoms with Crippen LogP contribution in [0.1, 0.15) is 18.1 Å². The highest BCUT2D eigenvalue weighted by Gasteiger charge is 2.19. The van der Waals surface area contributed by atoms with E-state index in [1.807, 2.05) is 30.3 Å². The lowest BCUT2D eigenvalue weighted by Crippen LogP contribution is -2.14. The Morgan fingerprint density at radius 3 is 2.45 bits per heavy atom. The number of halogens is 1. The van der Waals surface area contributed by atoms with Gasteiger partial charge in [0.05, 0.1) is 22.7 Å². The quantitative estimate of drug-likeness (QED) is 0.373. The van der Waals surface area contributed by atoms with Crippen LogP contribution in [-0.4, -0.2) is 30.0 Å². The molecule has 3 N–H and O–H groups in total. The summed E-state index contributed by atoms with van der Waals surface area (Å²) in [5, 5.41) is 11.3. The number of aromatic nitrogens is 1. The van der Waals surface area contributed by atoms with E-state index in [1.54, 1.807) is 37.3 Å². The fourth-order valence-electron chi connectivity index (χ4n) is 3.24. The predicted molar refractivity (Wildman–Crippen MR) is 121 cm³/mol. The van der Waals surface area contributed by atoms with Gasteiger partial charge in [0.2, 0.25) is 10.0 Å². The molecule has 0 saturated carbocycles. The molecule has 0 bridgehead atoms. The Hall–Kier alpha value is -3.65. The van der Waals surface area contributed by atoms with Crippen molar-refractivity contribution in [1.82, 2.24) is 4.98 Å². The number of sulfonamides is 1. The normalized spacial score (nSPS) is 12.3. The van der Waals surface area contributed by atoms with Crippen molar-refractivity contribution in [2.45, 2.75) is 6.92 Å². The van der Waals surface area contributed by atoms with Gasteiger partial charge in [-0.2, -0.15) is 0 Å². The zero-order chi connectivity index (χ0) is 22.0. The van der Waals surface area contributed by atoms with Crippen molar-refractivity contribution in [2.75, 3.05) is 10.5 Å². The summed E-state index contributed by atoms with van der Waals surface area (Å²) in [6, 6.07) is 19.9. The molecule has 158 valence electrons. The fourth-order valence-corrected chi connectivity index (χ4v) is 3.87. The van der Waals surface area contributed by atoms with Crippen molar-refractivity contribution in [3.8, 4) is 5.88 Å². The van der Waals surface area contributed by atoms with Gasteiger partial charge in [0.25, 0.3) is 0 Å². The summed E-state index contributed by atoms with van der Waals surface area (Å²) in [5.74, 6) is -0.532. The van der Waals surface area contributed by atoms with Crippen molar-refractivity contribution in [3.63, 3.8) is 0 Å². The summed E-state index contributed by atoms with van der Waals surface area (Å²) in [5.41, 5.74) is 3.13. The van der Waals surface area contributed by atoms with Crippen LogP contribution in [0.2, 0.25) is 0 Å². The Morgan fingerprint density at radius 1 is 1.06 bits per heavy atom. The highest BCUT2D eigenvalue weighted by atomic mass is 32.2. The molecule has 8 heteroatoms. The van der Waals surface area contributed by atoms with Crippen molar-refractivity contribution in [1.29, 1.82) is 0 Å². The summed E-state index contributed by atoms with van der Waals surface area (Å²) in [6.45, 7) is 1.55. The maximum Gasteiger partial charge on any atom is 0.232 e. The lowest BCUT2D eigenvalue weighted by molar-refractivity contribution is 0.457. The molecule has 31 heavy (non-hydrogen) atoms. The van der Waals surface area contributed by atoms with Gasteiger partial charge in [0.1, 0.15) is 5.82 Å². The Bertz CT molecular complexity index is 1360. The van der Waals surface area contributed by atoms with E-state index >= 15 is 0 Å². The molecular weight excluding hydrogens is 417 g/mol. The van der Waals surface area contributed by atoms with E-state index in [0.29, 0.717) is 33.6 Å². The number of hydrogen-bond acceptors (Lipinski definition) is 4. The zero-order valence-electron chi connectivity index (χ0n) is 16.6. The average Bonchev–Trinajstić information content (AvgIpc) is 3.08. The molecule has 1 aromatic heterocycles. The molecule has 6 nitrogen and oxygen atoms in total. The highest BCUT2D eigenvalue weighted by Crippen LogP contribution is 2.33. The second-order valence-electron chi connectivity index (χ2n) is 6.92. The molecule has 0 aliphatic heterocycles. The number of anilines is 1. The van der Waals surface area contributed by atoms with Gasteiger partial charge in [-0.25, -0.2) is 17.8 Å². The third kappa shape index (κ3) is 4.44. The van der Waals surface area contributed by atoms with Gasteiger partial charge >= 0.3 is 0 Å². The first-order valence-electron chi connectivity index (χ1n) is 9.61. The number of aromatic amines is 1. The third-order valence-electron chi connectivity index (χ3n) is 4.78. The lowest BCUT2D eigenvalue weighted by Gasteiger charge is -2.09. The van der Waals surface area contributed by atoms with Gasteiger partial charge in [-0.1, -0.05) is 30.3 Å². The van der Waals surface area contributed by atoms with Crippen LogP contribution >= 0.6 is 0 Å². The molecule has 4 aromatic rings. The third-order valence-corrected chi connectivity index (χ3v) is 6.09. The fraction of sp³-hybridized carbons (Fsp3) is 0.0870. The van der Waals surface area contributed by atoms with E-state index < -0.39 is 10.0 Å². The second-order valence-corrected chi connectivity index (χ2v) is 8.93. The number of rotatable bonds is 6. The first-order chi connectivity index (χ1) is 14.9. The Morgan fingerprint density at radius 2 is 1.77 bits per heavy atom. The molecule has 4 rings (SSSR count). The first-order valence-corrected chi connectivity index (χ1v) is 11.3. The summed E-state index contributed by atoms with van der Waals surface area (Å²) in [6.07, 6.45) is 0. The maximum atomic E-state index is 13.4. The molecule has 0 atom stereocenters. The summed E-state index contributed by atoms with van der Waals surface area (Å²) in [4.78, 5) is 7.59. The number of aliphatic imine (C=N–C) groups is 1. The lowest BCUT2D eigenvalue weighted by atomic mass is 10.0. The number of hydrogen-bond donors (Lipinski definition) is 3. The Kier molecular flexibility index (Phi) is 5.48. The summed E-state index contributed by atoms with van der Waals surface area (Å²) < 4.78 is 39.9. The van der Waals surface area contributed by atoms with Crippen LogP contribution in [0.5, 0.6) is 5.88 Å². The Labute approximate surface area is 179 Å². The van der Waals surface area contributed by atoms with Crippen LogP contribution in [0.4, 0.5) is 15.8 Å². The van der Waals surface area contributed by atoms with Crippen LogP contribution < -0.4 is 4.72 Å². The number of nitrogens with zero attached hydrogens (tertiary/aromatic N) is 1. The number of nitrogens with one attached hydrogen (secondary N) is 2. The van der Waals surface area contributed by atoms with Gasteiger partial charge in [-0.3, -0.25) is 4.72 Å². The summed E-state index contributed by atoms with van der Waals surface area (Å²) >= 11 is 0. The van der Waals surface area contributed by atoms with Crippen LogP contribution in [0, 0.1) is 5.82 Å². The topological polar surface area (TPSA) is 94.5 Å². The molecule has 0 unspecified atom stereocenters. The van der Waals surface area contributed by atoms with Gasteiger partial charge in [0, 0.05) is 22.2 Å². The highest BCUT2D eigenvalue weighted by molar-refractivity contribution is 7.92. The minimum Gasteiger partial charge on any atom is -0.494 e. The molecule has 0 aliphatic rings. The molecular formula is C23H20FN3O3S. The monoisotopic (exact) mass is 437 g/mol. The average molecular weight is 437 g/mol. The van der Waals surface area contributed by atoms with Crippen molar-refractivity contribution >= 4 is 38.0 Å². The standard InChI is InChI=1S/C23H20FN3O3S/c1-2-31(29,30)27-18-12-13-20-19(14-18)21(23(28)26-20)22(15-6-4-3-5-7-15)25-17-10-8-16(24)9-11-17/h3-14,26-28H,2H2,1H3. The molecule has 3 aromatic carbocycles. The first kappa shape index (κ1) is 20.6. The molecule has 0 amide bonds. The SMILES string of the molecule is CCS(=O)(=O)Nc1ccc2[nH]c(O)c(C(=Nc3ccc(F)cc3)c3ccccc3)c2c1. The van der Waals surface area contributed by atoms with E-state index in [0.717, 1.165) is 5.56 Å². The van der Waals surface area contributed by atoms with Crippen LogP contribution in [0.15, 0.2) is 77.8 Å². The van der Waals surface area contributed by atoms with Crippen molar-refractivity contribution < 1.29 is 17.9 Å². The number of aromatic hydroxyl groups is 1. The molecule has 0 saturated heterocycles. The van der Waals surface area contributed by atoms with Crippen molar-refractivity contribution in [2.24, 2.45) is 4.99 Å². The predicted octanol–water partition coefficient (Wildman–Crippen LogP) is 4.94. The van der Waals surface area contributed by atoms with Crippen LogP contribution in [-0.2, 0) is 10.0 Å².